The lowest BCUT2D eigenvalue weighted by molar-refractivity contribution is 0.158. The highest BCUT2D eigenvalue weighted by atomic mass is 16.5. The summed E-state index contributed by atoms with van der Waals surface area (Å²) < 4.78 is 5.48. The van der Waals surface area contributed by atoms with Gasteiger partial charge < -0.3 is 19.9 Å². The molecule has 134 valence electrons. The summed E-state index contributed by atoms with van der Waals surface area (Å²) in [6, 6.07) is 7.56. The van der Waals surface area contributed by atoms with E-state index >= 15 is 0 Å². The standard InChI is InChI=1S/C19H31N3O2/c1-4-21(5-2)15-16-10-12-22(13-11-16)19(23)20-17-8-7-9-18(14-17)24-6-3/h7-9,14,16H,4-6,10-13,15H2,1-3H3,(H,20,23). The lowest BCUT2D eigenvalue weighted by Gasteiger charge is -2.34. The van der Waals surface area contributed by atoms with Crippen molar-refractivity contribution in [3.8, 4) is 5.75 Å². The molecule has 2 amide bonds. The van der Waals surface area contributed by atoms with Crippen LogP contribution in [0.1, 0.15) is 33.6 Å². The molecule has 0 bridgehead atoms. The fourth-order valence-electron chi connectivity index (χ4n) is 3.20. The molecular formula is C19H31N3O2. The number of nitrogens with one attached hydrogen (secondary N) is 1. The maximum atomic E-state index is 12.4. The Hall–Kier alpha value is -1.75. The molecule has 1 aliphatic rings. The molecule has 1 aliphatic heterocycles. The first kappa shape index (κ1) is 18.6. The summed E-state index contributed by atoms with van der Waals surface area (Å²) in [5, 5.41) is 2.98. The molecule has 0 unspecified atom stereocenters. The van der Waals surface area contributed by atoms with Crippen LogP contribution in [0.3, 0.4) is 0 Å². The molecule has 5 nitrogen and oxygen atoms in total. The average Bonchev–Trinajstić information content (AvgIpc) is 2.60. The van der Waals surface area contributed by atoms with Crippen LogP contribution in [0.5, 0.6) is 5.75 Å². The Kier molecular flexibility index (Phi) is 7.37. The smallest absolute Gasteiger partial charge is 0.321 e. The number of nitrogens with zero attached hydrogens (tertiary/aromatic N) is 2. The normalized spacial score (nSPS) is 15.6. The first-order valence-corrected chi connectivity index (χ1v) is 9.17. The second-order valence-electron chi connectivity index (χ2n) is 6.31. The predicted octanol–water partition coefficient (Wildman–Crippen LogP) is 3.67. The van der Waals surface area contributed by atoms with Crippen LogP contribution >= 0.6 is 0 Å². The van der Waals surface area contributed by atoms with Crippen molar-refractivity contribution in [2.24, 2.45) is 5.92 Å². The van der Waals surface area contributed by atoms with Crippen molar-refractivity contribution in [1.29, 1.82) is 0 Å². The number of piperidine rings is 1. The lowest BCUT2D eigenvalue weighted by Crippen LogP contribution is -2.43. The van der Waals surface area contributed by atoms with Gasteiger partial charge >= 0.3 is 6.03 Å². The largest absolute Gasteiger partial charge is 0.494 e. The van der Waals surface area contributed by atoms with Gasteiger partial charge in [-0.05, 0) is 50.9 Å². The molecule has 0 saturated carbocycles. The van der Waals surface area contributed by atoms with Crippen LogP contribution in [0.25, 0.3) is 0 Å². The van der Waals surface area contributed by atoms with Gasteiger partial charge in [-0.25, -0.2) is 4.79 Å². The Balaban J connectivity index is 1.81. The first-order valence-electron chi connectivity index (χ1n) is 9.17. The molecule has 1 N–H and O–H groups in total. The van der Waals surface area contributed by atoms with E-state index in [0.29, 0.717) is 12.5 Å². The van der Waals surface area contributed by atoms with Crippen LogP contribution in [0.4, 0.5) is 10.5 Å². The second kappa shape index (κ2) is 9.52. The third kappa shape index (κ3) is 5.41. The molecular weight excluding hydrogens is 302 g/mol. The number of hydrogen-bond acceptors (Lipinski definition) is 3. The van der Waals surface area contributed by atoms with E-state index in [1.165, 1.54) is 0 Å². The van der Waals surface area contributed by atoms with Crippen molar-refractivity contribution in [2.45, 2.75) is 33.6 Å². The topological polar surface area (TPSA) is 44.8 Å². The monoisotopic (exact) mass is 333 g/mol. The highest BCUT2D eigenvalue weighted by Gasteiger charge is 2.23. The SMILES string of the molecule is CCOc1cccc(NC(=O)N2CCC(CN(CC)CC)CC2)c1. The molecule has 5 heteroatoms. The highest BCUT2D eigenvalue weighted by Crippen LogP contribution is 2.21. The molecule has 1 saturated heterocycles. The Bertz CT molecular complexity index is 509. The fraction of sp³-hybridized carbons (Fsp3) is 0.632. The lowest BCUT2D eigenvalue weighted by atomic mass is 9.96. The fourth-order valence-corrected chi connectivity index (χ4v) is 3.20. The minimum absolute atomic E-state index is 0.00932. The Morgan fingerprint density at radius 3 is 2.58 bits per heavy atom. The van der Waals surface area contributed by atoms with Crippen LogP contribution in [0, 0.1) is 5.92 Å². The van der Waals surface area contributed by atoms with Gasteiger partial charge in [-0.2, -0.15) is 0 Å². The number of anilines is 1. The number of carbonyl (C=O) groups is 1. The Morgan fingerprint density at radius 2 is 1.96 bits per heavy atom. The number of likely N-dealkylation sites (tertiary alicyclic amines) is 1. The quantitative estimate of drug-likeness (QED) is 0.828. The van der Waals surface area contributed by atoms with Crippen LogP contribution in [0.15, 0.2) is 24.3 Å². The van der Waals surface area contributed by atoms with Crippen molar-refractivity contribution in [3.63, 3.8) is 0 Å². The molecule has 1 aromatic carbocycles. The first-order chi connectivity index (χ1) is 11.7. The summed E-state index contributed by atoms with van der Waals surface area (Å²) in [5.41, 5.74) is 0.788. The van der Waals surface area contributed by atoms with Crippen LogP contribution in [-0.2, 0) is 0 Å². The molecule has 24 heavy (non-hydrogen) atoms. The number of benzene rings is 1. The predicted molar refractivity (Wildman–Crippen MR) is 98.7 cm³/mol. The zero-order valence-electron chi connectivity index (χ0n) is 15.3. The number of urea groups is 1. The van der Waals surface area contributed by atoms with E-state index in [2.05, 4.69) is 24.1 Å². The van der Waals surface area contributed by atoms with E-state index in [4.69, 9.17) is 4.74 Å². The third-order valence-electron chi connectivity index (χ3n) is 4.71. The zero-order chi connectivity index (χ0) is 17.4. The van der Waals surface area contributed by atoms with E-state index in [1.807, 2.05) is 36.1 Å². The summed E-state index contributed by atoms with van der Waals surface area (Å²) in [5.74, 6) is 1.49. The van der Waals surface area contributed by atoms with E-state index in [1.54, 1.807) is 0 Å². The molecule has 0 atom stereocenters. The van der Waals surface area contributed by atoms with Gasteiger partial charge in [0.15, 0.2) is 0 Å². The number of hydrogen-bond donors (Lipinski definition) is 1. The Labute approximate surface area is 146 Å². The maximum absolute atomic E-state index is 12.4. The van der Waals surface area contributed by atoms with Crippen molar-refractivity contribution in [1.82, 2.24) is 9.80 Å². The van der Waals surface area contributed by atoms with Gasteiger partial charge in [0.1, 0.15) is 5.75 Å². The van der Waals surface area contributed by atoms with Crippen molar-refractivity contribution in [3.05, 3.63) is 24.3 Å². The van der Waals surface area contributed by atoms with Crippen molar-refractivity contribution in [2.75, 3.05) is 44.6 Å². The maximum Gasteiger partial charge on any atom is 0.321 e. The van der Waals surface area contributed by atoms with Crippen LogP contribution in [-0.4, -0.2) is 55.2 Å². The summed E-state index contributed by atoms with van der Waals surface area (Å²) in [4.78, 5) is 16.8. The van der Waals surface area contributed by atoms with Gasteiger partial charge in [-0.1, -0.05) is 19.9 Å². The minimum atomic E-state index is -0.00932. The molecule has 0 aromatic heterocycles. The summed E-state index contributed by atoms with van der Waals surface area (Å²) in [6.45, 7) is 12.0. The van der Waals surface area contributed by atoms with Gasteiger partial charge in [-0.3, -0.25) is 0 Å². The molecule has 0 radical (unpaired) electrons. The molecule has 1 fully saturated rings. The van der Waals surface area contributed by atoms with Gasteiger partial charge in [0.25, 0.3) is 0 Å². The van der Waals surface area contributed by atoms with Crippen molar-refractivity contribution >= 4 is 11.7 Å². The number of carbonyl (C=O) groups excluding carboxylic acids is 1. The van der Waals surface area contributed by atoms with Crippen LogP contribution < -0.4 is 10.1 Å². The van der Waals surface area contributed by atoms with Gasteiger partial charge in [-0.15, -0.1) is 0 Å². The molecule has 1 aromatic rings. The number of ether oxygens (including phenoxy) is 1. The zero-order valence-corrected chi connectivity index (χ0v) is 15.3. The van der Waals surface area contributed by atoms with E-state index in [9.17, 15) is 4.79 Å². The third-order valence-corrected chi connectivity index (χ3v) is 4.71. The van der Waals surface area contributed by atoms with Crippen LogP contribution in [0.2, 0.25) is 0 Å². The minimum Gasteiger partial charge on any atom is -0.494 e. The van der Waals surface area contributed by atoms with Gasteiger partial charge in [0, 0.05) is 31.4 Å². The molecule has 2 rings (SSSR count). The second-order valence-corrected chi connectivity index (χ2v) is 6.31. The van der Waals surface area contributed by atoms with E-state index in [-0.39, 0.29) is 6.03 Å². The van der Waals surface area contributed by atoms with E-state index in [0.717, 1.165) is 57.0 Å². The van der Waals surface area contributed by atoms with Gasteiger partial charge in [0.2, 0.25) is 0 Å². The highest BCUT2D eigenvalue weighted by molar-refractivity contribution is 5.89. The summed E-state index contributed by atoms with van der Waals surface area (Å²) in [6.07, 6.45) is 2.17. The number of rotatable bonds is 7. The van der Waals surface area contributed by atoms with Gasteiger partial charge in [0.05, 0.1) is 6.61 Å². The Morgan fingerprint density at radius 1 is 1.25 bits per heavy atom. The summed E-state index contributed by atoms with van der Waals surface area (Å²) >= 11 is 0. The molecule has 1 heterocycles. The summed E-state index contributed by atoms with van der Waals surface area (Å²) in [7, 11) is 0. The molecule has 0 spiro atoms. The van der Waals surface area contributed by atoms with Crippen molar-refractivity contribution < 1.29 is 9.53 Å². The molecule has 0 aliphatic carbocycles. The number of amides is 2. The van der Waals surface area contributed by atoms with E-state index < -0.39 is 0 Å². The average molecular weight is 333 g/mol.